The van der Waals surface area contributed by atoms with E-state index in [1.807, 2.05) is 25.4 Å². The fourth-order valence-electron chi connectivity index (χ4n) is 2.06. The van der Waals surface area contributed by atoms with Crippen LogP contribution in [0.2, 0.25) is 0 Å². The largest absolute Gasteiger partial charge is 0.313 e. The van der Waals surface area contributed by atoms with Crippen molar-refractivity contribution in [3.8, 4) is 0 Å². The highest BCUT2D eigenvalue weighted by Crippen LogP contribution is 2.19. The monoisotopic (exact) mass is 244 g/mol. The zero-order valence-corrected chi connectivity index (χ0v) is 10.4. The second kappa shape index (κ2) is 6.26. The molecule has 94 valence electrons. The molecule has 0 amide bonds. The molecule has 3 heteroatoms. The first-order valence-corrected chi connectivity index (χ1v) is 6.11. The average molecular weight is 244 g/mol. The predicted molar refractivity (Wildman–Crippen MR) is 70.8 cm³/mol. The number of nitrogens with zero attached hydrogens (tertiary/aromatic N) is 1. The molecule has 2 nitrogen and oxygen atoms in total. The molecule has 1 atom stereocenters. The maximum atomic E-state index is 13.2. The molecule has 18 heavy (non-hydrogen) atoms. The summed E-state index contributed by atoms with van der Waals surface area (Å²) in [5.41, 5.74) is 2.19. The predicted octanol–water partition coefficient (Wildman–Crippen LogP) is 3.11. The van der Waals surface area contributed by atoms with Crippen molar-refractivity contribution in [3.63, 3.8) is 0 Å². The summed E-state index contributed by atoms with van der Waals surface area (Å²) >= 11 is 0. The Bertz CT molecular complexity index is 485. The first-order valence-electron chi connectivity index (χ1n) is 6.11. The molecule has 0 saturated carbocycles. The van der Waals surface area contributed by atoms with Gasteiger partial charge in [0.05, 0.1) is 0 Å². The summed E-state index contributed by atoms with van der Waals surface area (Å²) in [6.07, 6.45) is 5.49. The molecule has 1 aromatic heterocycles. The molecule has 0 saturated heterocycles. The lowest BCUT2D eigenvalue weighted by molar-refractivity contribution is 0.542. The topological polar surface area (TPSA) is 24.9 Å². The van der Waals surface area contributed by atoms with E-state index in [4.69, 9.17) is 0 Å². The van der Waals surface area contributed by atoms with Crippen LogP contribution in [-0.4, -0.2) is 12.0 Å². The van der Waals surface area contributed by atoms with Gasteiger partial charge < -0.3 is 5.32 Å². The van der Waals surface area contributed by atoms with Crippen LogP contribution in [0.15, 0.2) is 48.8 Å². The number of rotatable bonds is 5. The van der Waals surface area contributed by atoms with E-state index in [0.717, 1.165) is 18.4 Å². The Kier molecular flexibility index (Phi) is 4.42. The lowest BCUT2D eigenvalue weighted by Crippen LogP contribution is -2.17. The van der Waals surface area contributed by atoms with Gasteiger partial charge in [-0.15, -0.1) is 0 Å². The zero-order valence-electron chi connectivity index (χ0n) is 10.4. The lowest BCUT2D eigenvalue weighted by Gasteiger charge is -2.16. The average Bonchev–Trinajstić information content (AvgIpc) is 2.41. The SMILES string of the molecule is CNC(CCc1cccnc1)c1cccc(F)c1. The van der Waals surface area contributed by atoms with Crippen molar-refractivity contribution in [1.29, 1.82) is 0 Å². The van der Waals surface area contributed by atoms with Crippen molar-refractivity contribution in [3.05, 3.63) is 65.7 Å². The fraction of sp³-hybridized carbons (Fsp3) is 0.267. The van der Waals surface area contributed by atoms with Crippen molar-refractivity contribution in [2.24, 2.45) is 0 Å². The normalized spacial score (nSPS) is 12.3. The summed E-state index contributed by atoms with van der Waals surface area (Å²) in [7, 11) is 1.90. The number of pyridine rings is 1. The minimum Gasteiger partial charge on any atom is -0.313 e. The van der Waals surface area contributed by atoms with E-state index in [1.54, 1.807) is 18.3 Å². The Hall–Kier alpha value is -1.74. The number of hydrogen-bond acceptors (Lipinski definition) is 2. The second-order valence-electron chi connectivity index (χ2n) is 4.30. The standard InChI is InChI=1S/C15H17FN2/c1-17-15(13-5-2-6-14(16)10-13)8-7-12-4-3-9-18-11-12/h2-6,9-11,15,17H,7-8H2,1H3. The molecule has 1 aromatic carbocycles. The van der Waals surface area contributed by atoms with Gasteiger partial charge in [0.1, 0.15) is 5.82 Å². The smallest absolute Gasteiger partial charge is 0.123 e. The van der Waals surface area contributed by atoms with E-state index in [-0.39, 0.29) is 11.9 Å². The van der Waals surface area contributed by atoms with Crippen LogP contribution in [0.25, 0.3) is 0 Å². The van der Waals surface area contributed by atoms with E-state index in [1.165, 1.54) is 11.6 Å². The highest BCUT2D eigenvalue weighted by Gasteiger charge is 2.09. The van der Waals surface area contributed by atoms with Crippen molar-refractivity contribution < 1.29 is 4.39 Å². The zero-order chi connectivity index (χ0) is 12.8. The molecule has 1 heterocycles. The maximum Gasteiger partial charge on any atom is 0.123 e. The van der Waals surface area contributed by atoms with Gasteiger partial charge in [-0.05, 0) is 49.2 Å². The van der Waals surface area contributed by atoms with Crippen molar-refractivity contribution >= 4 is 0 Å². The number of hydrogen-bond donors (Lipinski definition) is 1. The van der Waals surface area contributed by atoms with E-state index in [9.17, 15) is 4.39 Å². The van der Waals surface area contributed by atoms with Gasteiger partial charge in [0.25, 0.3) is 0 Å². The third-order valence-electron chi connectivity index (χ3n) is 3.04. The Balaban J connectivity index is 2.02. The number of benzene rings is 1. The molecule has 0 spiro atoms. The van der Waals surface area contributed by atoms with Gasteiger partial charge in [0.2, 0.25) is 0 Å². The summed E-state index contributed by atoms with van der Waals surface area (Å²) in [6, 6.07) is 10.9. The van der Waals surface area contributed by atoms with Crippen molar-refractivity contribution in [1.82, 2.24) is 10.3 Å². The third kappa shape index (κ3) is 3.37. The van der Waals surface area contributed by atoms with Gasteiger partial charge >= 0.3 is 0 Å². The Labute approximate surface area is 107 Å². The van der Waals surface area contributed by atoms with Crippen molar-refractivity contribution in [2.45, 2.75) is 18.9 Å². The molecule has 1 unspecified atom stereocenters. The number of aromatic nitrogens is 1. The van der Waals surface area contributed by atoms with Gasteiger partial charge in [-0.25, -0.2) is 4.39 Å². The minimum absolute atomic E-state index is 0.168. The summed E-state index contributed by atoms with van der Waals surface area (Å²) < 4.78 is 13.2. The summed E-state index contributed by atoms with van der Waals surface area (Å²) in [5.74, 6) is -0.186. The Morgan fingerprint density at radius 2 is 2.17 bits per heavy atom. The van der Waals surface area contributed by atoms with E-state index in [2.05, 4.69) is 16.4 Å². The van der Waals surface area contributed by atoms with Crippen LogP contribution in [0.4, 0.5) is 4.39 Å². The van der Waals surface area contributed by atoms with Crippen LogP contribution in [0, 0.1) is 5.82 Å². The molecule has 0 radical (unpaired) electrons. The minimum atomic E-state index is -0.186. The molecular formula is C15H17FN2. The summed E-state index contributed by atoms with van der Waals surface area (Å²) in [4.78, 5) is 4.09. The van der Waals surface area contributed by atoms with Crippen LogP contribution < -0.4 is 5.32 Å². The third-order valence-corrected chi connectivity index (χ3v) is 3.04. The van der Waals surface area contributed by atoms with E-state index < -0.39 is 0 Å². The molecule has 0 aliphatic carbocycles. The molecular weight excluding hydrogens is 227 g/mol. The second-order valence-corrected chi connectivity index (χ2v) is 4.30. The van der Waals surface area contributed by atoms with Gasteiger partial charge in [0, 0.05) is 18.4 Å². The van der Waals surface area contributed by atoms with Crippen LogP contribution in [0.3, 0.4) is 0 Å². The van der Waals surface area contributed by atoms with Gasteiger partial charge in [-0.2, -0.15) is 0 Å². The van der Waals surface area contributed by atoms with Gasteiger partial charge in [0.15, 0.2) is 0 Å². The summed E-state index contributed by atoms with van der Waals surface area (Å²) in [6.45, 7) is 0. The quantitative estimate of drug-likeness (QED) is 0.874. The molecule has 2 rings (SSSR count). The summed E-state index contributed by atoms with van der Waals surface area (Å²) in [5, 5.41) is 3.23. The highest BCUT2D eigenvalue weighted by molar-refractivity contribution is 5.20. The first-order chi connectivity index (χ1) is 8.79. The lowest BCUT2D eigenvalue weighted by atomic mass is 10.00. The van der Waals surface area contributed by atoms with Crippen molar-refractivity contribution in [2.75, 3.05) is 7.05 Å². The number of aryl methyl sites for hydroxylation is 1. The Morgan fingerprint density at radius 3 is 2.83 bits per heavy atom. The molecule has 0 aliphatic heterocycles. The fourth-order valence-corrected chi connectivity index (χ4v) is 2.06. The molecule has 2 aromatic rings. The molecule has 0 aliphatic rings. The van der Waals surface area contributed by atoms with E-state index in [0.29, 0.717) is 0 Å². The molecule has 0 bridgehead atoms. The molecule has 0 fully saturated rings. The van der Waals surface area contributed by atoms with Crippen LogP contribution >= 0.6 is 0 Å². The highest BCUT2D eigenvalue weighted by atomic mass is 19.1. The molecule has 1 N–H and O–H groups in total. The first kappa shape index (κ1) is 12.7. The van der Waals surface area contributed by atoms with Crippen LogP contribution in [-0.2, 0) is 6.42 Å². The van der Waals surface area contributed by atoms with Gasteiger partial charge in [-0.1, -0.05) is 18.2 Å². The van der Waals surface area contributed by atoms with Crippen LogP contribution in [0.5, 0.6) is 0 Å². The van der Waals surface area contributed by atoms with E-state index >= 15 is 0 Å². The number of halogens is 1. The van der Waals surface area contributed by atoms with Crippen LogP contribution in [0.1, 0.15) is 23.6 Å². The van der Waals surface area contributed by atoms with Gasteiger partial charge in [-0.3, -0.25) is 4.98 Å². The maximum absolute atomic E-state index is 13.2. The Morgan fingerprint density at radius 1 is 1.28 bits per heavy atom. The number of nitrogens with one attached hydrogen (secondary N) is 1.